The van der Waals surface area contributed by atoms with Gasteiger partial charge < -0.3 is 20.0 Å². The van der Waals surface area contributed by atoms with Gasteiger partial charge in [-0.2, -0.15) is 5.10 Å². The Morgan fingerprint density at radius 1 is 1.38 bits per heavy atom. The van der Waals surface area contributed by atoms with Gasteiger partial charge in [-0.15, -0.1) is 0 Å². The summed E-state index contributed by atoms with van der Waals surface area (Å²) >= 11 is 5.95. The van der Waals surface area contributed by atoms with Crippen LogP contribution in [0, 0.1) is 0 Å². The molecule has 1 aromatic carbocycles. The number of benzene rings is 1. The summed E-state index contributed by atoms with van der Waals surface area (Å²) in [7, 11) is 3.71. The molecule has 0 saturated carbocycles. The molecule has 0 atom stereocenters. The van der Waals surface area contributed by atoms with Crippen molar-refractivity contribution in [3.8, 4) is 22.8 Å². The lowest BCUT2D eigenvalue weighted by Gasteiger charge is -2.28. The van der Waals surface area contributed by atoms with Gasteiger partial charge in [0.2, 0.25) is 5.91 Å². The van der Waals surface area contributed by atoms with Crippen LogP contribution in [0.15, 0.2) is 12.1 Å². The zero-order valence-corrected chi connectivity index (χ0v) is 14.3. The van der Waals surface area contributed by atoms with Gasteiger partial charge in [-0.05, 0) is 20.2 Å². The zero-order valence-electron chi connectivity index (χ0n) is 13.5. The summed E-state index contributed by atoms with van der Waals surface area (Å²) < 4.78 is 0. The number of carbonyl (C=O) groups is 1. The van der Waals surface area contributed by atoms with Gasteiger partial charge in [-0.3, -0.25) is 9.89 Å². The van der Waals surface area contributed by atoms with Crippen LogP contribution in [-0.2, 0) is 17.8 Å². The number of aromatic amines is 1. The van der Waals surface area contributed by atoms with Crippen LogP contribution in [0.1, 0.15) is 11.3 Å². The van der Waals surface area contributed by atoms with Crippen LogP contribution >= 0.6 is 11.6 Å². The van der Waals surface area contributed by atoms with Crippen LogP contribution < -0.4 is 0 Å². The van der Waals surface area contributed by atoms with Gasteiger partial charge in [0, 0.05) is 42.4 Å². The number of rotatable bonds is 3. The highest BCUT2D eigenvalue weighted by Crippen LogP contribution is 2.39. The van der Waals surface area contributed by atoms with E-state index in [2.05, 4.69) is 10.2 Å². The van der Waals surface area contributed by atoms with E-state index in [0.717, 1.165) is 11.3 Å². The summed E-state index contributed by atoms with van der Waals surface area (Å²) in [6, 6.07) is 2.67. The molecular formula is C16H19ClN4O3. The first-order chi connectivity index (χ1) is 11.4. The molecule has 1 aliphatic heterocycles. The predicted octanol–water partition coefficient (Wildman–Crippen LogP) is 1.59. The number of nitrogens with zero attached hydrogens (tertiary/aromatic N) is 3. The number of phenolic OH excluding ortho intramolecular Hbond substituents is 2. The average molecular weight is 351 g/mol. The maximum absolute atomic E-state index is 12.3. The number of likely N-dealkylation sites (N-methyl/N-ethyl adjacent to an activating group) is 1. The van der Waals surface area contributed by atoms with E-state index in [0.29, 0.717) is 37.3 Å². The van der Waals surface area contributed by atoms with E-state index < -0.39 is 0 Å². The van der Waals surface area contributed by atoms with Crippen molar-refractivity contribution in [3.05, 3.63) is 28.4 Å². The highest BCUT2D eigenvalue weighted by atomic mass is 35.5. The van der Waals surface area contributed by atoms with E-state index in [1.807, 2.05) is 19.0 Å². The van der Waals surface area contributed by atoms with Crippen LogP contribution in [0.2, 0.25) is 5.02 Å². The Labute approximate surface area is 144 Å². The average Bonchev–Trinajstić information content (AvgIpc) is 2.93. The minimum Gasteiger partial charge on any atom is -0.507 e. The third-order valence-electron chi connectivity index (χ3n) is 4.06. The number of hydrogen-bond donors (Lipinski definition) is 3. The molecule has 24 heavy (non-hydrogen) atoms. The first-order valence-corrected chi connectivity index (χ1v) is 7.95. The van der Waals surface area contributed by atoms with Gasteiger partial charge in [0.25, 0.3) is 0 Å². The Balaban J connectivity index is 1.94. The molecule has 0 aliphatic carbocycles. The predicted molar refractivity (Wildman–Crippen MR) is 90.0 cm³/mol. The largest absolute Gasteiger partial charge is 0.507 e. The lowest BCUT2D eigenvalue weighted by atomic mass is 10.00. The standard InChI is InChI=1S/C16H19ClN4O3/c1-20(2)8-15(24)21-4-3-12-10(7-21)16(19-18-12)9-5-11(17)14(23)6-13(9)22/h5-6,22-23H,3-4,7-8H2,1-2H3,(H,18,19). The topological polar surface area (TPSA) is 92.7 Å². The van der Waals surface area contributed by atoms with E-state index in [-0.39, 0.29) is 22.4 Å². The molecule has 8 heteroatoms. The lowest BCUT2D eigenvalue weighted by Crippen LogP contribution is -2.40. The molecule has 0 saturated heterocycles. The van der Waals surface area contributed by atoms with Crippen LogP contribution in [0.4, 0.5) is 0 Å². The Kier molecular flexibility index (Phi) is 4.38. The molecule has 128 valence electrons. The molecule has 1 aromatic heterocycles. The molecule has 0 fully saturated rings. The van der Waals surface area contributed by atoms with Crippen molar-refractivity contribution >= 4 is 17.5 Å². The molecule has 0 bridgehead atoms. The minimum atomic E-state index is -0.190. The van der Waals surface area contributed by atoms with E-state index in [4.69, 9.17) is 11.6 Å². The fourth-order valence-electron chi connectivity index (χ4n) is 2.84. The van der Waals surface area contributed by atoms with Crippen molar-refractivity contribution in [2.75, 3.05) is 27.2 Å². The molecule has 0 radical (unpaired) electrons. The van der Waals surface area contributed by atoms with Gasteiger partial charge in [0.05, 0.1) is 11.6 Å². The normalized spacial score (nSPS) is 14.1. The smallest absolute Gasteiger partial charge is 0.237 e. The van der Waals surface area contributed by atoms with Crippen LogP contribution in [0.3, 0.4) is 0 Å². The lowest BCUT2D eigenvalue weighted by molar-refractivity contribution is -0.132. The summed E-state index contributed by atoms with van der Waals surface area (Å²) in [5.74, 6) is -0.251. The molecule has 1 aliphatic rings. The molecule has 7 nitrogen and oxygen atoms in total. The van der Waals surface area contributed by atoms with Crippen LogP contribution in [0.25, 0.3) is 11.3 Å². The van der Waals surface area contributed by atoms with E-state index in [1.165, 1.54) is 12.1 Å². The SMILES string of the molecule is CN(C)CC(=O)N1CCc2[nH]nc(-c3cc(Cl)c(O)cc3O)c2C1. The summed E-state index contributed by atoms with van der Waals surface area (Å²) in [4.78, 5) is 15.9. The third-order valence-corrected chi connectivity index (χ3v) is 4.36. The summed E-state index contributed by atoms with van der Waals surface area (Å²) in [5, 5.41) is 27.1. The van der Waals surface area contributed by atoms with Crippen molar-refractivity contribution in [1.29, 1.82) is 0 Å². The number of aromatic hydroxyl groups is 2. The first-order valence-electron chi connectivity index (χ1n) is 7.57. The van der Waals surface area contributed by atoms with E-state index in [1.54, 1.807) is 4.90 Å². The summed E-state index contributed by atoms with van der Waals surface area (Å²) in [6.07, 6.45) is 0.675. The Morgan fingerprint density at radius 2 is 2.12 bits per heavy atom. The number of amides is 1. The molecule has 3 N–H and O–H groups in total. The number of H-pyrrole nitrogens is 1. The molecular weight excluding hydrogens is 332 g/mol. The number of carbonyl (C=O) groups excluding carboxylic acids is 1. The van der Waals surface area contributed by atoms with Crippen molar-refractivity contribution in [2.45, 2.75) is 13.0 Å². The van der Waals surface area contributed by atoms with Crippen LogP contribution in [-0.4, -0.2) is 63.3 Å². The molecule has 0 unspecified atom stereocenters. The Hall–Kier alpha value is -2.25. The Morgan fingerprint density at radius 3 is 2.83 bits per heavy atom. The van der Waals surface area contributed by atoms with E-state index >= 15 is 0 Å². The van der Waals surface area contributed by atoms with Gasteiger partial charge in [0.1, 0.15) is 17.2 Å². The quantitative estimate of drug-likeness (QED) is 0.781. The van der Waals surface area contributed by atoms with Crippen LogP contribution in [0.5, 0.6) is 11.5 Å². The van der Waals surface area contributed by atoms with Gasteiger partial charge in [-0.1, -0.05) is 11.6 Å². The number of nitrogens with one attached hydrogen (secondary N) is 1. The van der Waals surface area contributed by atoms with Crippen molar-refractivity contribution in [2.24, 2.45) is 0 Å². The molecule has 3 rings (SSSR count). The fourth-order valence-corrected chi connectivity index (χ4v) is 3.01. The van der Waals surface area contributed by atoms with Crippen molar-refractivity contribution < 1.29 is 15.0 Å². The first kappa shape index (κ1) is 16.6. The molecule has 0 spiro atoms. The minimum absolute atomic E-state index is 0.0470. The van der Waals surface area contributed by atoms with Crippen molar-refractivity contribution in [1.82, 2.24) is 20.0 Å². The second-order valence-corrected chi connectivity index (χ2v) is 6.56. The second kappa shape index (κ2) is 6.33. The van der Waals surface area contributed by atoms with Gasteiger partial charge in [-0.25, -0.2) is 0 Å². The second-order valence-electron chi connectivity index (χ2n) is 6.15. The maximum Gasteiger partial charge on any atom is 0.237 e. The third kappa shape index (κ3) is 3.05. The molecule has 2 heterocycles. The maximum atomic E-state index is 12.3. The van der Waals surface area contributed by atoms with Gasteiger partial charge >= 0.3 is 0 Å². The molecule has 2 aromatic rings. The fraction of sp³-hybridized carbons (Fsp3) is 0.375. The number of fused-ring (bicyclic) bond motifs is 1. The summed E-state index contributed by atoms with van der Waals surface area (Å²) in [5.41, 5.74) is 2.79. The molecule has 1 amide bonds. The monoisotopic (exact) mass is 350 g/mol. The number of aromatic nitrogens is 2. The number of halogens is 1. The summed E-state index contributed by atoms with van der Waals surface area (Å²) in [6.45, 7) is 1.40. The highest BCUT2D eigenvalue weighted by Gasteiger charge is 2.27. The van der Waals surface area contributed by atoms with Gasteiger partial charge in [0.15, 0.2) is 0 Å². The Bertz CT molecular complexity index is 788. The zero-order chi connectivity index (χ0) is 17.4. The van der Waals surface area contributed by atoms with E-state index in [9.17, 15) is 15.0 Å². The highest BCUT2D eigenvalue weighted by molar-refractivity contribution is 6.32. The number of phenols is 2. The van der Waals surface area contributed by atoms with Crippen molar-refractivity contribution in [3.63, 3.8) is 0 Å². The number of hydrogen-bond acceptors (Lipinski definition) is 5.